The molecule has 0 spiro atoms. The van der Waals surface area contributed by atoms with E-state index in [9.17, 15) is 0 Å². The Morgan fingerprint density at radius 1 is 0.933 bits per heavy atom. The molecule has 1 aromatic rings. The van der Waals surface area contributed by atoms with E-state index < -0.39 is 14.2 Å². The van der Waals surface area contributed by atoms with E-state index in [1.165, 1.54) is 18.2 Å². The Morgan fingerprint density at radius 2 is 1.40 bits per heavy atom. The van der Waals surface area contributed by atoms with E-state index in [2.05, 4.69) is 4.65 Å². The number of rotatable bonds is 4. The monoisotopic (exact) mass is 209 g/mol. The summed E-state index contributed by atoms with van der Waals surface area (Å²) < 4.78 is 4.57. The van der Waals surface area contributed by atoms with Gasteiger partial charge in [-0.3, -0.25) is 0 Å². The molecule has 1 radical (unpaired) electrons. The molecule has 0 unspecified atom stereocenters. The van der Waals surface area contributed by atoms with Gasteiger partial charge in [-0.25, -0.2) is 0 Å². The van der Waals surface area contributed by atoms with Crippen LogP contribution in [0.2, 0.25) is 0 Å². The smallest absolute Gasteiger partial charge is 0.537 e. The molecule has 6 nitrogen and oxygen atoms in total. The van der Waals surface area contributed by atoms with E-state index in [1.807, 2.05) is 0 Å². The Bertz CT molecular complexity index is 304. The van der Waals surface area contributed by atoms with Crippen LogP contribution in [-0.2, 0) is 0 Å². The van der Waals surface area contributed by atoms with Gasteiger partial charge in [0.25, 0.3) is 0 Å². The highest BCUT2D eigenvalue weighted by Crippen LogP contribution is 2.05. The van der Waals surface area contributed by atoms with Crippen LogP contribution in [0.25, 0.3) is 0 Å². The topological polar surface area (TPSA) is 110 Å². The van der Waals surface area contributed by atoms with Gasteiger partial charge in [-0.15, -0.1) is 0 Å². The summed E-state index contributed by atoms with van der Waals surface area (Å²) in [5.41, 5.74) is 0.0508. The van der Waals surface area contributed by atoms with E-state index in [-0.39, 0.29) is 16.7 Å². The molecule has 0 atom stereocenters. The summed E-state index contributed by atoms with van der Waals surface area (Å²) in [6, 6.07) is 3.67. The molecule has 0 aliphatic heterocycles. The van der Waals surface area contributed by atoms with Crippen molar-refractivity contribution in [3.63, 3.8) is 0 Å². The molecule has 15 heavy (non-hydrogen) atoms. The minimum atomic E-state index is -1.76. The second-order valence-electron chi connectivity index (χ2n) is 2.81. The zero-order valence-corrected chi connectivity index (χ0v) is 7.61. The van der Waals surface area contributed by atoms with Crippen molar-refractivity contribution >= 4 is 32.8 Å². The van der Waals surface area contributed by atoms with Crippen LogP contribution in [0, 0.1) is 0 Å². The van der Waals surface area contributed by atoms with Gasteiger partial charge in [0.2, 0.25) is 0 Å². The Hall–Kier alpha value is -0.985. The average molecular weight is 209 g/mol. The minimum absolute atomic E-state index is 0.0254. The minimum Gasteiger partial charge on any atom is -0.537 e. The van der Waals surface area contributed by atoms with Crippen LogP contribution in [0.5, 0.6) is 5.75 Å². The van der Waals surface area contributed by atoms with Gasteiger partial charge in [-0.2, -0.15) is 0 Å². The molecule has 5 N–H and O–H groups in total. The third-order valence-corrected chi connectivity index (χ3v) is 1.74. The average Bonchev–Trinajstić information content (AvgIpc) is 2.17. The molecule has 0 heterocycles. The van der Waals surface area contributed by atoms with Crippen LogP contribution >= 0.6 is 0 Å². The first-order chi connectivity index (χ1) is 7.04. The van der Waals surface area contributed by atoms with Crippen LogP contribution in [0.3, 0.4) is 0 Å². The largest absolute Gasteiger partial charge is 0.569 e. The maximum atomic E-state index is 8.89. The Labute approximate surface area is 87.4 Å². The third kappa shape index (κ3) is 3.26. The quantitative estimate of drug-likeness (QED) is 0.322. The molecule has 0 fully saturated rings. The maximum absolute atomic E-state index is 8.89. The molecular formula is C6H8B3O6. The van der Waals surface area contributed by atoms with Crippen molar-refractivity contribution in [1.29, 1.82) is 0 Å². The summed E-state index contributed by atoms with van der Waals surface area (Å²) >= 11 is 0. The normalized spacial score (nSPS) is 9.67. The zero-order chi connectivity index (χ0) is 11.4. The van der Waals surface area contributed by atoms with Crippen molar-refractivity contribution in [3.8, 4) is 5.75 Å². The fraction of sp³-hybridized carbons (Fsp3) is 0. The highest BCUT2D eigenvalue weighted by molar-refractivity contribution is 6.62. The molecule has 1 rings (SSSR count). The van der Waals surface area contributed by atoms with Crippen molar-refractivity contribution in [3.05, 3.63) is 18.2 Å². The van der Waals surface area contributed by atoms with Crippen molar-refractivity contribution in [2.75, 3.05) is 0 Å². The summed E-state index contributed by atoms with van der Waals surface area (Å²) in [7, 11) is -3.12. The lowest BCUT2D eigenvalue weighted by Gasteiger charge is -2.08. The molecule has 0 saturated carbocycles. The van der Waals surface area contributed by atoms with Gasteiger partial charge in [0.05, 0.1) is 5.75 Å². The zero-order valence-electron chi connectivity index (χ0n) is 7.61. The van der Waals surface area contributed by atoms with E-state index in [0.717, 1.165) is 0 Å². The fourth-order valence-corrected chi connectivity index (χ4v) is 1.07. The van der Waals surface area contributed by atoms with E-state index in [0.29, 0.717) is 7.69 Å². The van der Waals surface area contributed by atoms with Crippen LogP contribution < -0.4 is 15.6 Å². The van der Waals surface area contributed by atoms with Gasteiger partial charge < -0.3 is 29.8 Å². The van der Waals surface area contributed by atoms with Gasteiger partial charge in [-0.1, -0.05) is 6.07 Å². The highest BCUT2D eigenvalue weighted by atomic mass is 16.5. The fourth-order valence-electron chi connectivity index (χ4n) is 1.07. The van der Waals surface area contributed by atoms with Gasteiger partial charge in [0, 0.05) is 0 Å². The summed E-state index contributed by atoms with van der Waals surface area (Å²) in [6.07, 6.45) is 0. The van der Waals surface area contributed by atoms with Gasteiger partial charge in [-0.05, 0) is 23.1 Å². The summed E-state index contributed by atoms with van der Waals surface area (Å²) in [4.78, 5) is 0. The molecular weight excluding hydrogens is 200 g/mol. The van der Waals surface area contributed by atoms with Crippen molar-refractivity contribution in [2.45, 2.75) is 0 Å². The molecule has 0 aliphatic carbocycles. The van der Waals surface area contributed by atoms with E-state index in [4.69, 9.17) is 25.1 Å². The van der Waals surface area contributed by atoms with Crippen LogP contribution in [0.4, 0.5) is 0 Å². The lowest BCUT2D eigenvalue weighted by atomic mass is 9.73. The third-order valence-electron chi connectivity index (χ3n) is 1.74. The summed E-state index contributed by atoms with van der Waals surface area (Å²) in [5.74, 6) is 0.0613. The van der Waals surface area contributed by atoms with Crippen LogP contribution in [0.1, 0.15) is 0 Å². The first-order valence-corrected chi connectivity index (χ1v) is 4.04. The van der Waals surface area contributed by atoms with Crippen molar-refractivity contribution in [2.24, 2.45) is 0 Å². The van der Waals surface area contributed by atoms with E-state index in [1.54, 1.807) is 0 Å². The van der Waals surface area contributed by atoms with Crippen LogP contribution in [-0.4, -0.2) is 47.0 Å². The van der Waals surface area contributed by atoms with Crippen LogP contribution in [0.15, 0.2) is 18.2 Å². The first kappa shape index (κ1) is 12.1. The number of benzene rings is 1. The van der Waals surface area contributed by atoms with Crippen molar-refractivity contribution in [1.82, 2.24) is 0 Å². The molecule has 0 aliphatic rings. The lowest BCUT2D eigenvalue weighted by molar-refractivity contribution is 0.423. The molecule has 0 aromatic heterocycles. The second-order valence-corrected chi connectivity index (χ2v) is 2.81. The van der Waals surface area contributed by atoms with E-state index >= 15 is 0 Å². The predicted octanol–water partition coefficient (Wildman–Crippen LogP) is -4.05. The molecule has 1 aromatic carbocycles. The SMILES string of the molecule is O[B]Oc1cc(B(O)O)cc(B(O)O)c1. The highest BCUT2D eigenvalue weighted by Gasteiger charge is 2.18. The Balaban J connectivity index is 3.08. The maximum Gasteiger partial charge on any atom is 0.569 e. The Morgan fingerprint density at radius 3 is 1.73 bits per heavy atom. The van der Waals surface area contributed by atoms with Gasteiger partial charge >= 0.3 is 21.9 Å². The molecule has 77 valence electrons. The predicted molar refractivity (Wildman–Crippen MR) is 54.7 cm³/mol. The summed E-state index contributed by atoms with van der Waals surface area (Å²) in [5, 5.41) is 43.9. The standard InChI is InChI=1S/C6H8B3O6/c10-7-15-6-2-4(8(11)12)1-5(3-6)9(13)14/h1-3,10-14H. The number of hydrogen-bond acceptors (Lipinski definition) is 6. The van der Waals surface area contributed by atoms with Gasteiger partial charge in [0.15, 0.2) is 0 Å². The van der Waals surface area contributed by atoms with Gasteiger partial charge in [0.1, 0.15) is 0 Å². The molecule has 0 saturated heterocycles. The lowest BCUT2D eigenvalue weighted by Crippen LogP contribution is -2.38. The number of hydrogen-bond donors (Lipinski definition) is 5. The Kier molecular flexibility index (Phi) is 4.19. The van der Waals surface area contributed by atoms with Crippen molar-refractivity contribution < 1.29 is 29.8 Å². The molecule has 9 heteroatoms. The molecule has 0 amide bonds. The second kappa shape index (κ2) is 5.20. The molecule has 0 bridgehead atoms. The first-order valence-electron chi connectivity index (χ1n) is 4.04. The summed E-state index contributed by atoms with van der Waals surface area (Å²) in [6.45, 7) is 0.